The van der Waals surface area contributed by atoms with Crippen LogP contribution < -0.4 is 10.1 Å². The molecule has 0 radical (unpaired) electrons. The molecule has 0 aliphatic carbocycles. The molecule has 18 heavy (non-hydrogen) atoms. The number of nitrogens with zero attached hydrogens (tertiary/aromatic N) is 1. The van der Waals surface area contributed by atoms with Gasteiger partial charge in [0.15, 0.2) is 0 Å². The first-order valence-electron chi connectivity index (χ1n) is 5.58. The number of benzene rings is 1. The van der Waals surface area contributed by atoms with E-state index in [1.165, 1.54) is 0 Å². The van der Waals surface area contributed by atoms with Crippen molar-refractivity contribution >= 4 is 11.7 Å². The number of amides is 1. The van der Waals surface area contributed by atoms with Crippen LogP contribution in [0.4, 0.5) is 5.82 Å². The van der Waals surface area contributed by atoms with Gasteiger partial charge in [-0.2, -0.15) is 0 Å². The number of ether oxygens (including phenoxy) is 1. The number of carbonyl (C=O) groups excluding carboxylic acids is 1. The van der Waals surface area contributed by atoms with Crippen molar-refractivity contribution in [2.75, 3.05) is 12.4 Å². The predicted octanol–water partition coefficient (Wildman–Crippen LogP) is 2.65. The first kappa shape index (κ1) is 12.1. The van der Waals surface area contributed by atoms with Crippen LogP contribution in [-0.2, 0) is 0 Å². The molecule has 1 aromatic carbocycles. The lowest BCUT2D eigenvalue weighted by molar-refractivity contribution is 0.102. The molecule has 92 valence electrons. The van der Waals surface area contributed by atoms with E-state index in [4.69, 9.17) is 4.74 Å². The molecule has 1 aromatic heterocycles. The summed E-state index contributed by atoms with van der Waals surface area (Å²) in [6, 6.07) is 10.8. The standard InChI is InChI=1S/C14H14N2O2/c1-10-6-7-12(18-2)11(9-10)14(17)16-13-5-3-4-8-15-13/h3-9H,1-2H3,(H,15,16,17). The lowest BCUT2D eigenvalue weighted by atomic mass is 10.1. The zero-order valence-corrected chi connectivity index (χ0v) is 10.3. The number of hydrogen-bond donors (Lipinski definition) is 1. The molecule has 0 bridgehead atoms. The van der Waals surface area contributed by atoms with Gasteiger partial charge in [-0.1, -0.05) is 17.7 Å². The molecular weight excluding hydrogens is 228 g/mol. The normalized spacial score (nSPS) is 9.89. The largest absolute Gasteiger partial charge is 0.496 e. The zero-order valence-electron chi connectivity index (χ0n) is 10.3. The maximum absolute atomic E-state index is 12.1. The van der Waals surface area contributed by atoms with Gasteiger partial charge < -0.3 is 10.1 Å². The number of aryl methyl sites for hydroxylation is 1. The van der Waals surface area contributed by atoms with Crippen molar-refractivity contribution in [1.82, 2.24) is 4.98 Å². The van der Waals surface area contributed by atoms with Crippen LogP contribution in [-0.4, -0.2) is 18.0 Å². The summed E-state index contributed by atoms with van der Waals surface area (Å²) in [5, 5.41) is 2.73. The maximum Gasteiger partial charge on any atom is 0.260 e. The molecule has 0 aliphatic heterocycles. The second-order valence-corrected chi connectivity index (χ2v) is 3.87. The molecule has 1 amide bonds. The highest BCUT2D eigenvalue weighted by Crippen LogP contribution is 2.20. The number of pyridine rings is 1. The Kier molecular flexibility index (Phi) is 3.57. The Bertz CT molecular complexity index is 553. The summed E-state index contributed by atoms with van der Waals surface area (Å²) >= 11 is 0. The average Bonchev–Trinajstić information content (AvgIpc) is 2.40. The Balaban J connectivity index is 2.26. The molecule has 0 fully saturated rings. The first-order chi connectivity index (χ1) is 8.70. The molecule has 1 heterocycles. The Morgan fingerprint density at radius 3 is 2.78 bits per heavy atom. The average molecular weight is 242 g/mol. The summed E-state index contributed by atoms with van der Waals surface area (Å²) in [5.41, 5.74) is 1.50. The highest BCUT2D eigenvalue weighted by atomic mass is 16.5. The van der Waals surface area contributed by atoms with E-state index in [-0.39, 0.29) is 5.91 Å². The summed E-state index contributed by atoms with van der Waals surface area (Å²) in [6.07, 6.45) is 1.63. The molecule has 2 rings (SSSR count). The molecule has 0 atom stereocenters. The van der Waals surface area contributed by atoms with Gasteiger partial charge in [0.05, 0.1) is 12.7 Å². The number of methoxy groups -OCH3 is 1. The van der Waals surface area contributed by atoms with Crippen molar-refractivity contribution in [2.45, 2.75) is 6.92 Å². The van der Waals surface area contributed by atoms with Crippen molar-refractivity contribution in [2.24, 2.45) is 0 Å². The molecule has 0 spiro atoms. The Labute approximate surface area is 106 Å². The smallest absolute Gasteiger partial charge is 0.260 e. The fraction of sp³-hybridized carbons (Fsp3) is 0.143. The van der Waals surface area contributed by atoms with Crippen molar-refractivity contribution < 1.29 is 9.53 Å². The van der Waals surface area contributed by atoms with E-state index in [0.717, 1.165) is 5.56 Å². The number of rotatable bonds is 3. The number of nitrogens with one attached hydrogen (secondary N) is 1. The summed E-state index contributed by atoms with van der Waals surface area (Å²) in [6.45, 7) is 1.93. The number of aromatic nitrogens is 1. The van der Waals surface area contributed by atoms with Gasteiger partial charge >= 0.3 is 0 Å². The fourth-order valence-corrected chi connectivity index (χ4v) is 1.62. The summed E-state index contributed by atoms with van der Waals surface area (Å²) < 4.78 is 5.18. The molecule has 1 N–H and O–H groups in total. The molecule has 4 heteroatoms. The van der Waals surface area contributed by atoms with Gasteiger partial charge in [-0.05, 0) is 31.2 Å². The highest BCUT2D eigenvalue weighted by molar-refractivity contribution is 6.05. The third kappa shape index (κ3) is 2.66. The number of carbonyl (C=O) groups is 1. The fourth-order valence-electron chi connectivity index (χ4n) is 1.62. The third-order valence-electron chi connectivity index (χ3n) is 2.51. The van der Waals surface area contributed by atoms with E-state index >= 15 is 0 Å². The minimum absolute atomic E-state index is 0.228. The lowest BCUT2D eigenvalue weighted by Gasteiger charge is -2.09. The van der Waals surface area contributed by atoms with E-state index in [0.29, 0.717) is 17.1 Å². The second kappa shape index (κ2) is 5.31. The molecule has 0 unspecified atom stereocenters. The molecular formula is C14H14N2O2. The van der Waals surface area contributed by atoms with Crippen LogP contribution in [0.3, 0.4) is 0 Å². The first-order valence-corrected chi connectivity index (χ1v) is 5.58. The minimum atomic E-state index is -0.228. The Hall–Kier alpha value is -2.36. The molecule has 0 saturated heterocycles. The van der Waals surface area contributed by atoms with Crippen LogP contribution in [0.2, 0.25) is 0 Å². The van der Waals surface area contributed by atoms with Crippen molar-refractivity contribution in [1.29, 1.82) is 0 Å². The van der Waals surface area contributed by atoms with Gasteiger partial charge in [-0.3, -0.25) is 4.79 Å². The maximum atomic E-state index is 12.1. The SMILES string of the molecule is COc1ccc(C)cc1C(=O)Nc1ccccn1. The van der Waals surface area contributed by atoms with Gasteiger partial charge in [0.1, 0.15) is 11.6 Å². The lowest BCUT2D eigenvalue weighted by Crippen LogP contribution is -2.14. The van der Waals surface area contributed by atoms with Crippen molar-refractivity contribution in [3.63, 3.8) is 0 Å². The van der Waals surface area contributed by atoms with Gasteiger partial charge in [0, 0.05) is 6.20 Å². The number of anilines is 1. The van der Waals surface area contributed by atoms with Crippen LogP contribution in [0, 0.1) is 6.92 Å². The van der Waals surface area contributed by atoms with E-state index in [1.54, 1.807) is 37.6 Å². The topological polar surface area (TPSA) is 51.2 Å². The summed E-state index contributed by atoms with van der Waals surface area (Å²) in [7, 11) is 1.54. The van der Waals surface area contributed by atoms with Gasteiger partial charge in [-0.25, -0.2) is 4.98 Å². The zero-order chi connectivity index (χ0) is 13.0. The summed E-state index contributed by atoms with van der Waals surface area (Å²) in [4.78, 5) is 16.2. The second-order valence-electron chi connectivity index (χ2n) is 3.87. The molecule has 2 aromatic rings. The molecule has 0 saturated carbocycles. The van der Waals surface area contributed by atoms with Gasteiger partial charge in [0.25, 0.3) is 5.91 Å². The van der Waals surface area contributed by atoms with Crippen LogP contribution in [0.15, 0.2) is 42.6 Å². The highest BCUT2D eigenvalue weighted by Gasteiger charge is 2.12. The van der Waals surface area contributed by atoms with Crippen LogP contribution in [0.1, 0.15) is 15.9 Å². The quantitative estimate of drug-likeness (QED) is 0.900. The van der Waals surface area contributed by atoms with Crippen LogP contribution in [0.25, 0.3) is 0 Å². The third-order valence-corrected chi connectivity index (χ3v) is 2.51. The van der Waals surface area contributed by atoms with Crippen molar-refractivity contribution in [3.8, 4) is 5.75 Å². The van der Waals surface area contributed by atoms with Gasteiger partial charge in [-0.15, -0.1) is 0 Å². The monoisotopic (exact) mass is 242 g/mol. The van der Waals surface area contributed by atoms with E-state index in [1.807, 2.05) is 19.1 Å². The molecule has 4 nitrogen and oxygen atoms in total. The predicted molar refractivity (Wildman–Crippen MR) is 69.9 cm³/mol. The van der Waals surface area contributed by atoms with E-state index in [9.17, 15) is 4.79 Å². The van der Waals surface area contributed by atoms with E-state index in [2.05, 4.69) is 10.3 Å². The van der Waals surface area contributed by atoms with Crippen molar-refractivity contribution in [3.05, 3.63) is 53.7 Å². The molecule has 0 aliphatic rings. The minimum Gasteiger partial charge on any atom is -0.496 e. The summed E-state index contributed by atoms with van der Waals surface area (Å²) in [5.74, 6) is 0.842. The Morgan fingerprint density at radius 2 is 2.11 bits per heavy atom. The van der Waals surface area contributed by atoms with Crippen LogP contribution >= 0.6 is 0 Å². The van der Waals surface area contributed by atoms with E-state index < -0.39 is 0 Å². The number of hydrogen-bond acceptors (Lipinski definition) is 3. The van der Waals surface area contributed by atoms with Crippen LogP contribution in [0.5, 0.6) is 5.75 Å². The van der Waals surface area contributed by atoms with Gasteiger partial charge in [0.2, 0.25) is 0 Å². The Morgan fingerprint density at radius 1 is 1.28 bits per heavy atom.